The van der Waals surface area contributed by atoms with Gasteiger partial charge in [-0.1, -0.05) is 6.07 Å². The molecule has 0 spiro atoms. The van der Waals surface area contributed by atoms with Crippen molar-refractivity contribution in [2.45, 2.75) is 20.0 Å². The number of rotatable bonds is 3. The van der Waals surface area contributed by atoms with Crippen LogP contribution in [0.1, 0.15) is 17.0 Å². The lowest BCUT2D eigenvalue weighted by Crippen LogP contribution is -2.13. The van der Waals surface area contributed by atoms with Crippen molar-refractivity contribution in [1.82, 2.24) is 15.0 Å². The zero-order valence-electron chi connectivity index (χ0n) is 13.2. The van der Waals surface area contributed by atoms with Crippen LogP contribution in [0.5, 0.6) is 5.75 Å². The number of pyridine rings is 1. The first-order chi connectivity index (χ1) is 11.8. The van der Waals surface area contributed by atoms with Crippen molar-refractivity contribution >= 4 is 16.7 Å². The maximum atomic E-state index is 13.0. The van der Waals surface area contributed by atoms with E-state index in [4.69, 9.17) is 4.84 Å². The largest absolute Gasteiger partial charge is 0.416 e. The molecule has 3 aromatic rings. The predicted molar refractivity (Wildman–Crippen MR) is 85.3 cm³/mol. The van der Waals surface area contributed by atoms with Gasteiger partial charge >= 0.3 is 6.18 Å². The molecule has 6 nitrogen and oxygen atoms in total. The first-order valence-corrected chi connectivity index (χ1v) is 7.22. The van der Waals surface area contributed by atoms with Gasteiger partial charge in [-0.05, 0) is 26.0 Å². The number of aromatic nitrogens is 3. The second kappa shape index (κ2) is 6.08. The van der Waals surface area contributed by atoms with Gasteiger partial charge in [0.25, 0.3) is 0 Å². The summed E-state index contributed by atoms with van der Waals surface area (Å²) in [4.78, 5) is 27.5. The monoisotopic (exact) mass is 350 g/mol. The second-order valence-electron chi connectivity index (χ2n) is 5.35. The molecule has 3 rings (SSSR count). The number of hydrogen-bond acceptors (Lipinski definition) is 5. The van der Waals surface area contributed by atoms with E-state index in [0.717, 1.165) is 6.07 Å². The number of aryl methyl sites for hydroxylation is 1. The molecule has 1 aromatic carbocycles. The van der Waals surface area contributed by atoms with Crippen LogP contribution in [0.4, 0.5) is 19.0 Å². The van der Waals surface area contributed by atoms with Crippen LogP contribution in [0.3, 0.4) is 0 Å². The summed E-state index contributed by atoms with van der Waals surface area (Å²) in [6, 6.07) is 4.95. The fraction of sp³-hybridized carbons (Fsp3) is 0.188. The molecule has 0 saturated carbocycles. The molecular weight excluding hydrogens is 337 g/mol. The Labute approximate surface area is 139 Å². The molecular formula is C16H13F3N4O2. The standard InChI is InChI=1S/C16H13F3N4O2/c1-8-11(16(17,18)19)4-3-5-13(8)25-23-15-10-7-20-14(24)6-12(10)21-9(2)22-15/h3-7H,1-2H3,(H,20,24)(H,21,22,23). The van der Waals surface area contributed by atoms with E-state index in [-0.39, 0.29) is 22.7 Å². The number of anilines is 1. The average Bonchev–Trinajstić information content (AvgIpc) is 2.51. The minimum Gasteiger partial charge on any atom is -0.380 e. The maximum absolute atomic E-state index is 13.0. The predicted octanol–water partition coefficient (Wildman–Crippen LogP) is 3.36. The summed E-state index contributed by atoms with van der Waals surface area (Å²) in [5.74, 6) is 0.629. The van der Waals surface area contributed by atoms with Gasteiger partial charge in [-0.15, -0.1) is 0 Å². The van der Waals surface area contributed by atoms with Crippen LogP contribution < -0.4 is 15.9 Å². The smallest absolute Gasteiger partial charge is 0.380 e. The van der Waals surface area contributed by atoms with Crippen molar-refractivity contribution in [3.8, 4) is 5.75 Å². The van der Waals surface area contributed by atoms with Crippen LogP contribution in [-0.2, 0) is 6.18 Å². The highest BCUT2D eigenvalue weighted by Gasteiger charge is 2.33. The number of benzene rings is 1. The normalized spacial score (nSPS) is 11.6. The Morgan fingerprint density at radius 3 is 2.68 bits per heavy atom. The summed E-state index contributed by atoms with van der Waals surface area (Å²) in [5.41, 5.74) is 1.78. The molecule has 0 fully saturated rings. The Morgan fingerprint density at radius 1 is 1.20 bits per heavy atom. The first kappa shape index (κ1) is 16.7. The van der Waals surface area contributed by atoms with E-state index in [0.29, 0.717) is 16.7 Å². The summed E-state index contributed by atoms with van der Waals surface area (Å²) in [7, 11) is 0. The summed E-state index contributed by atoms with van der Waals surface area (Å²) < 4.78 is 38.9. The van der Waals surface area contributed by atoms with Crippen molar-refractivity contribution in [1.29, 1.82) is 0 Å². The molecule has 0 aliphatic carbocycles. The van der Waals surface area contributed by atoms with Crippen molar-refractivity contribution in [2.75, 3.05) is 5.48 Å². The van der Waals surface area contributed by atoms with Crippen molar-refractivity contribution in [2.24, 2.45) is 0 Å². The third kappa shape index (κ3) is 3.39. The molecule has 0 aliphatic rings. The summed E-state index contributed by atoms with van der Waals surface area (Å²) >= 11 is 0. The Kier molecular flexibility index (Phi) is 4.07. The molecule has 130 valence electrons. The van der Waals surface area contributed by atoms with E-state index in [1.807, 2.05) is 0 Å². The van der Waals surface area contributed by atoms with E-state index in [1.54, 1.807) is 6.92 Å². The SMILES string of the molecule is Cc1nc(NOc2cccc(C(F)(F)F)c2C)c2c[nH]c(=O)cc2n1. The van der Waals surface area contributed by atoms with E-state index in [9.17, 15) is 18.0 Å². The van der Waals surface area contributed by atoms with Crippen LogP contribution >= 0.6 is 0 Å². The zero-order chi connectivity index (χ0) is 18.2. The highest BCUT2D eigenvalue weighted by Crippen LogP contribution is 2.35. The molecule has 2 N–H and O–H groups in total. The molecule has 9 heteroatoms. The van der Waals surface area contributed by atoms with Crippen LogP contribution in [0.25, 0.3) is 10.9 Å². The van der Waals surface area contributed by atoms with Gasteiger partial charge in [-0.2, -0.15) is 13.2 Å². The van der Waals surface area contributed by atoms with Gasteiger partial charge in [0, 0.05) is 17.8 Å². The van der Waals surface area contributed by atoms with E-state index in [1.165, 1.54) is 31.3 Å². The number of hydrogen-bond donors (Lipinski definition) is 2. The molecule has 0 bridgehead atoms. The molecule has 0 unspecified atom stereocenters. The molecule has 0 atom stereocenters. The third-order valence-electron chi connectivity index (χ3n) is 3.56. The van der Waals surface area contributed by atoms with Crippen LogP contribution in [0, 0.1) is 13.8 Å². The zero-order valence-corrected chi connectivity index (χ0v) is 13.2. The highest BCUT2D eigenvalue weighted by atomic mass is 19.4. The number of nitrogens with zero attached hydrogens (tertiary/aromatic N) is 2. The molecule has 0 radical (unpaired) electrons. The Balaban J connectivity index is 1.95. The first-order valence-electron chi connectivity index (χ1n) is 7.22. The summed E-state index contributed by atoms with van der Waals surface area (Å²) in [6.07, 6.45) is -3.07. The number of fused-ring (bicyclic) bond motifs is 1. The summed E-state index contributed by atoms with van der Waals surface area (Å²) in [6.45, 7) is 2.95. The minimum absolute atomic E-state index is 0.0173. The third-order valence-corrected chi connectivity index (χ3v) is 3.56. The lowest BCUT2D eigenvalue weighted by molar-refractivity contribution is -0.138. The van der Waals surface area contributed by atoms with Gasteiger partial charge in [-0.25, -0.2) is 15.4 Å². The number of alkyl halides is 3. The van der Waals surface area contributed by atoms with E-state index >= 15 is 0 Å². The van der Waals surface area contributed by atoms with E-state index in [2.05, 4.69) is 20.4 Å². The number of nitrogens with one attached hydrogen (secondary N) is 2. The summed E-state index contributed by atoms with van der Waals surface area (Å²) in [5, 5.41) is 0.467. The molecule has 2 heterocycles. The number of aromatic amines is 1. The Morgan fingerprint density at radius 2 is 1.96 bits per heavy atom. The highest BCUT2D eigenvalue weighted by molar-refractivity contribution is 5.87. The maximum Gasteiger partial charge on any atom is 0.416 e. The fourth-order valence-electron chi connectivity index (χ4n) is 2.38. The van der Waals surface area contributed by atoms with Crippen LogP contribution in [-0.4, -0.2) is 15.0 Å². The van der Waals surface area contributed by atoms with Crippen LogP contribution in [0.2, 0.25) is 0 Å². The van der Waals surface area contributed by atoms with Crippen LogP contribution in [0.15, 0.2) is 35.3 Å². The number of H-pyrrole nitrogens is 1. The topological polar surface area (TPSA) is 79.9 Å². The minimum atomic E-state index is -4.47. The molecule has 2 aromatic heterocycles. The quantitative estimate of drug-likeness (QED) is 0.708. The molecule has 0 aliphatic heterocycles. The van der Waals surface area contributed by atoms with Crippen molar-refractivity contribution in [3.05, 3.63) is 57.8 Å². The van der Waals surface area contributed by atoms with Gasteiger partial charge < -0.3 is 9.82 Å². The number of halogens is 3. The second-order valence-corrected chi connectivity index (χ2v) is 5.35. The van der Waals surface area contributed by atoms with Gasteiger partial charge in [0.2, 0.25) is 5.56 Å². The van der Waals surface area contributed by atoms with E-state index < -0.39 is 11.7 Å². The van der Waals surface area contributed by atoms with Gasteiger partial charge in [0.15, 0.2) is 11.6 Å². The lowest BCUT2D eigenvalue weighted by atomic mass is 10.1. The van der Waals surface area contributed by atoms with Gasteiger partial charge in [-0.3, -0.25) is 4.79 Å². The Bertz CT molecular complexity index is 999. The molecule has 0 amide bonds. The van der Waals surface area contributed by atoms with Crippen molar-refractivity contribution in [3.63, 3.8) is 0 Å². The molecule has 25 heavy (non-hydrogen) atoms. The fourth-order valence-corrected chi connectivity index (χ4v) is 2.38. The molecule has 0 saturated heterocycles. The van der Waals surface area contributed by atoms with Gasteiger partial charge in [0.05, 0.1) is 16.5 Å². The van der Waals surface area contributed by atoms with Gasteiger partial charge in [0.1, 0.15) is 5.82 Å². The lowest BCUT2D eigenvalue weighted by Gasteiger charge is -2.15. The van der Waals surface area contributed by atoms with Crippen molar-refractivity contribution < 1.29 is 18.0 Å². The Hall–Kier alpha value is -3.10. The average molecular weight is 350 g/mol.